The van der Waals surface area contributed by atoms with Crippen molar-refractivity contribution >= 4 is 42.1 Å². The van der Waals surface area contributed by atoms with Crippen molar-refractivity contribution in [3.8, 4) is 0 Å². The number of hydrogen-bond donors (Lipinski definition) is 2. The largest absolute Gasteiger partial charge is 0.356 e. The van der Waals surface area contributed by atoms with E-state index in [0.717, 1.165) is 30.7 Å². The average molecular weight is 326 g/mol. The molecule has 110 valence electrons. The minimum absolute atomic E-state index is 0. The fraction of sp³-hybridized carbons (Fsp3) is 0.667. The molecule has 4 nitrogen and oxygen atoms in total. The van der Waals surface area contributed by atoms with Gasteiger partial charge in [-0.05, 0) is 18.8 Å². The van der Waals surface area contributed by atoms with Crippen LogP contribution in [0, 0.1) is 5.92 Å². The molecular weight excluding hydrogens is 305 g/mol. The van der Waals surface area contributed by atoms with Gasteiger partial charge in [0.25, 0.3) is 0 Å². The highest BCUT2D eigenvalue weighted by atomic mass is 35.5. The maximum absolute atomic E-state index is 11.7. The van der Waals surface area contributed by atoms with Crippen molar-refractivity contribution in [3.63, 3.8) is 0 Å². The van der Waals surface area contributed by atoms with Crippen LogP contribution in [0.3, 0.4) is 0 Å². The number of carbonyl (C=O) groups excluding carboxylic acids is 1. The van der Waals surface area contributed by atoms with Crippen molar-refractivity contribution in [2.75, 3.05) is 6.54 Å². The zero-order valence-electron chi connectivity index (χ0n) is 10.7. The summed E-state index contributed by atoms with van der Waals surface area (Å²) in [6, 6.07) is 0.222. The molecule has 1 heterocycles. The normalized spacial score (nSPS) is 21.3. The van der Waals surface area contributed by atoms with Crippen LogP contribution >= 0.6 is 36.2 Å². The van der Waals surface area contributed by atoms with Crippen LogP contribution in [-0.4, -0.2) is 23.5 Å². The Labute approximate surface area is 130 Å². The molecule has 0 bridgehead atoms. The smallest absolute Gasteiger partial charge is 0.220 e. The number of nitrogens with one attached hydrogen (secondary N) is 1. The zero-order valence-corrected chi connectivity index (χ0v) is 13.2. The molecule has 0 aliphatic heterocycles. The van der Waals surface area contributed by atoms with Gasteiger partial charge in [0.15, 0.2) is 0 Å². The molecule has 1 fully saturated rings. The molecule has 1 amide bonds. The van der Waals surface area contributed by atoms with Gasteiger partial charge in [-0.1, -0.05) is 6.42 Å². The number of aromatic nitrogens is 1. The van der Waals surface area contributed by atoms with E-state index in [2.05, 4.69) is 10.3 Å². The van der Waals surface area contributed by atoms with Gasteiger partial charge in [0.2, 0.25) is 5.91 Å². The van der Waals surface area contributed by atoms with Gasteiger partial charge in [-0.15, -0.1) is 36.2 Å². The Morgan fingerprint density at radius 2 is 2.26 bits per heavy atom. The van der Waals surface area contributed by atoms with Crippen molar-refractivity contribution in [3.05, 3.63) is 16.6 Å². The predicted molar refractivity (Wildman–Crippen MR) is 83.3 cm³/mol. The van der Waals surface area contributed by atoms with E-state index >= 15 is 0 Å². The lowest BCUT2D eigenvalue weighted by molar-refractivity contribution is -0.122. The zero-order chi connectivity index (χ0) is 12.1. The van der Waals surface area contributed by atoms with Crippen molar-refractivity contribution in [2.24, 2.45) is 11.7 Å². The van der Waals surface area contributed by atoms with Gasteiger partial charge >= 0.3 is 0 Å². The summed E-state index contributed by atoms with van der Waals surface area (Å²) in [4.78, 5) is 15.9. The molecule has 1 aliphatic carbocycles. The summed E-state index contributed by atoms with van der Waals surface area (Å²) in [6.07, 6.45) is 6.52. The van der Waals surface area contributed by atoms with Crippen LogP contribution in [0.15, 0.2) is 11.6 Å². The first-order chi connectivity index (χ1) is 8.25. The van der Waals surface area contributed by atoms with E-state index in [0.29, 0.717) is 18.9 Å². The Hall–Kier alpha value is -0.360. The maximum atomic E-state index is 11.7. The molecular formula is C12H21Cl2N3OS. The first-order valence-electron chi connectivity index (χ1n) is 6.16. The van der Waals surface area contributed by atoms with Crippen LogP contribution in [0.1, 0.15) is 30.7 Å². The minimum Gasteiger partial charge on any atom is -0.356 e. The van der Waals surface area contributed by atoms with Crippen LogP contribution < -0.4 is 11.1 Å². The maximum Gasteiger partial charge on any atom is 0.220 e. The lowest BCUT2D eigenvalue weighted by atomic mass is 10.00. The molecule has 1 aromatic heterocycles. The number of rotatable bonds is 5. The summed E-state index contributed by atoms with van der Waals surface area (Å²) < 4.78 is 0. The fourth-order valence-corrected chi connectivity index (χ4v) is 2.93. The van der Waals surface area contributed by atoms with E-state index in [1.54, 1.807) is 17.5 Å². The highest BCUT2D eigenvalue weighted by Crippen LogP contribution is 2.26. The van der Waals surface area contributed by atoms with Crippen LogP contribution in [0.5, 0.6) is 0 Å². The third-order valence-corrected chi connectivity index (χ3v) is 4.15. The molecule has 19 heavy (non-hydrogen) atoms. The average Bonchev–Trinajstić information content (AvgIpc) is 2.92. The van der Waals surface area contributed by atoms with Crippen LogP contribution in [0.25, 0.3) is 0 Å². The SMILES string of the molecule is Cl.Cl.N[C@@H]1CCC[C@H]1CC(=O)NCCc1nccs1. The Morgan fingerprint density at radius 3 is 2.84 bits per heavy atom. The summed E-state index contributed by atoms with van der Waals surface area (Å²) in [6.45, 7) is 0.675. The summed E-state index contributed by atoms with van der Waals surface area (Å²) in [5.74, 6) is 0.513. The fourth-order valence-electron chi connectivity index (χ4n) is 2.31. The Kier molecular flexibility index (Phi) is 9.35. The Morgan fingerprint density at radius 1 is 1.47 bits per heavy atom. The van der Waals surface area contributed by atoms with E-state index < -0.39 is 0 Å². The third kappa shape index (κ3) is 6.08. The summed E-state index contributed by atoms with van der Waals surface area (Å²) in [5.41, 5.74) is 5.94. The van der Waals surface area contributed by atoms with Crippen molar-refractivity contribution in [1.82, 2.24) is 10.3 Å². The molecule has 7 heteroatoms. The van der Waals surface area contributed by atoms with Gasteiger partial charge in [0, 0.05) is 37.0 Å². The number of carbonyl (C=O) groups is 1. The number of nitrogens with two attached hydrogens (primary N) is 1. The van der Waals surface area contributed by atoms with Gasteiger partial charge in [-0.25, -0.2) is 4.98 Å². The van der Waals surface area contributed by atoms with Crippen LogP contribution in [0.2, 0.25) is 0 Å². The second-order valence-corrected chi connectivity index (χ2v) is 5.56. The minimum atomic E-state index is 0. The molecule has 0 radical (unpaired) electrons. The molecule has 0 aromatic carbocycles. The lowest BCUT2D eigenvalue weighted by Gasteiger charge is -2.14. The second-order valence-electron chi connectivity index (χ2n) is 4.58. The second kappa shape index (κ2) is 9.53. The van der Waals surface area contributed by atoms with Crippen molar-refractivity contribution in [2.45, 2.75) is 38.1 Å². The highest BCUT2D eigenvalue weighted by Gasteiger charge is 2.25. The first-order valence-corrected chi connectivity index (χ1v) is 7.04. The topological polar surface area (TPSA) is 68.0 Å². The predicted octanol–water partition coefficient (Wildman–Crippen LogP) is 2.16. The quantitative estimate of drug-likeness (QED) is 0.871. The third-order valence-electron chi connectivity index (χ3n) is 3.31. The Balaban J connectivity index is 0.00000162. The molecule has 0 unspecified atom stereocenters. The van der Waals surface area contributed by atoms with Gasteiger partial charge in [-0.2, -0.15) is 0 Å². The van der Waals surface area contributed by atoms with Crippen LogP contribution in [-0.2, 0) is 11.2 Å². The summed E-state index contributed by atoms with van der Waals surface area (Å²) in [5, 5.41) is 5.97. The van der Waals surface area contributed by atoms with Gasteiger partial charge in [0.1, 0.15) is 0 Å². The highest BCUT2D eigenvalue weighted by molar-refractivity contribution is 7.09. The molecule has 1 aliphatic rings. The van der Waals surface area contributed by atoms with Gasteiger partial charge in [-0.3, -0.25) is 4.79 Å². The lowest BCUT2D eigenvalue weighted by Crippen LogP contribution is -2.32. The van der Waals surface area contributed by atoms with Gasteiger partial charge < -0.3 is 11.1 Å². The molecule has 2 rings (SSSR count). The van der Waals surface area contributed by atoms with Crippen LogP contribution in [0.4, 0.5) is 0 Å². The monoisotopic (exact) mass is 325 g/mol. The number of amides is 1. The number of nitrogens with zero attached hydrogens (tertiary/aromatic N) is 1. The van der Waals surface area contributed by atoms with Crippen molar-refractivity contribution in [1.29, 1.82) is 0 Å². The molecule has 2 atom stereocenters. The van der Waals surface area contributed by atoms with E-state index in [1.165, 1.54) is 0 Å². The number of halogens is 2. The van der Waals surface area contributed by atoms with E-state index in [-0.39, 0.29) is 36.8 Å². The summed E-state index contributed by atoms with van der Waals surface area (Å²) in [7, 11) is 0. The molecule has 0 spiro atoms. The van der Waals surface area contributed by atoms with Gasteiger partial charge in [0.05, 0.1) is 5.01 Å². The number of thiazole rings is 1. The summed E-state index contributed by atoms with van der Waals surface area (Å²) >= 11 is 1.63. The Bertz CT molecular complexity index is 362. The molecule has 1 aromatic rings. The molecule has 1 saturated carbocycles. The number of hydrogen-bond acceptors (Lipinski definition) is 4. The molecule has 0 saturated heterocycles. The standard InChI is InChI=1S/C12H19N3OS.2ClH/c13-10-3-1-2-9(10)8-11(16)14-5-4-12-15-6-7-17-12;;/h6-7,9-10H,1-5,8,13H2,(H,14,16);2*1H/t9-,10+;;/m0../s1. The first kappa shape index (κ1) is 18.6. The van der Waals surface area contributed by atoms with E-state index in [9.17, 15) is 4.79 Å². The van der Waals surface area contributed by atoms with E-state index in [1.807, 2.05) is 5.38 Å². The molecule has 3 N–H and O–H groups in total. The van der Waals surface area contributed by atoms with E-state index in [4.69, 9.17) is 5.73 Å². The van der Waals surface area contributed by atoms with Crippen molar-refractivity contribution < 1.29 is 4.79 Å².